The van der Waals surface area contributed by atoms with Gasteiger partial charge in [0.1, 0.15) is 0 Å². The van der Waals surface area contributed by atoms with Gasteiger partial charge in [0.05, 0.1) is 10.9 Å². The van der Waals surface area contributed by atoms with Crippen LogP contribution in [0.25, 0.3) is 0 Å². The average Bonchev–Trinajstić information content (AvgIpc) is 3.07. The van der Waals surface area contributed by atoms with E-state index in [1.807, 2.05) is 32.0 Å². The highest BCUT2D eigenvalue weighted by molar-refractivity contribution is 7.89. The van der Waals surface area contributed by atoms with E-state index >= 15 is 0 Å². The van der Waals surface area contributed by atoms with Crippen molar-refractivity contribution in [1.29, 1.82) is 0 Å². The second kappa shape index (κ2) is 9.10. The molecule has 0 saturated carbocycles. The first-order valence-corrected chi connectivity index (χ1v) is 12.5. The molecule has 1 amide bonds. The summed E-state index contributed by atoms with van der Waals surface area (Å²) in [5.74, 6) is -0.0483. The van der Waals surface area contributed by atoms with Crippen molar-refractivity contribution in [2.45, 2.75) is 50.5 Å². The first-order valence-electron chi connectivity index (χ1n) is 11.1. The van der Waals surface area contributed by atoms with Gasteiger partial charge in [-0.3, -0.25) is 9.69 Å². The average molecular weight is 442 g/mol. The summed E-state index contributed by atoms with van der Waals surface area (Å²) in [4.78, 5) is 15.3. The highest BCUT2D eigenvalue weighted by Gasteiger charge is 2.30. The predicted molar refractivity (Wildman–Crippen MR) is 123 cm³/mol. The Labute approximate surface area is 185 Å². The van der Waals surface area contributed by atoms with Gasteiger partial charge in [-0.15, -0.1) is 0 Å². The molecule has 1 aliphatic carbocycles. The van der Waals surface area contributed by atoms with Crippen LogP contribution in [0, 0.1) is 6.92 Å². The van der Waals surface area contributed by atoms with Gasteiger partial charge in [-0.2, -0.15) is 4.31 Å². The maximum atomic E-state index is 13.0. The lowest BCUT2D eigenvalue weighted by Gasteiger charge is -2.27. The zero-order valence-corrected chi connectivity index (χ0v) is 19.1. The standard InChI is InChI=1S/C24H31N3O3S/c1-18-7-11-23(12-8-18)31(29,30)27-14-4-13-26(15-16-27)19(2)24(28)25-22-10-9-20-5-3-6-21(20)17-22/h7-12,17,19H,3-6,13-16H2,1-2H3,(H,25,28). The van der Waals surface area contributed by atoms with Gasteiger partial charge in [-0.1, -0.05) is 23.8 Å². The van der Waals surface area contributed by atoms with Crippen LogP contribution >= 0.6 is 0 Å². The number of nitrogens with one attached hydrogen (secondary N) is 1. The van der Waals surface area contributed by atoms with Crippen LogP contribution in [0.4, 0.5) is 5.69 Å². The topological polar surface area (TPSA) is 69.7 Å². The van der Waals surface area contributed by atoms with Crippen LogP contribution in [0.2, 0.25) is 0 Å². The molecule has 7 heteroatoms. The smallest absolute Gasteiger partial charge is 0.243 e. The number of hydrogen-bond acceptors (Lipinski definition) is 4. The molecule has 0 radical (unpaired) electrons. The first-order chi connectivity index (χ1) is 14.8. The predicted octanol–water partition coefficient (Wildman–Crippen LogP) is 3.21. The van der Waals surface area contributed by atoms with Crippen LogP contribution in [0.5, 0.6) is 0 Å². The Morgan fingerprint density at radius 2 is 1.68 bits per heavy atom. The Kier molecular flexibility index (Phi) is 6.46. The fraction of sp³-hybridized carbons (Fsp3) is 0.458. The van der Waals surface area contributed by atoms with Gasteiger partial charge in [-0.05, 0) is 74.9 Å². The van der Waals surface area contributed by atoms with Crippen LogP contribution in [0.1, 0.15) is 36.5 Å². The van der Waals surface area contributed by atoms with E-state index in [4.69, 9.17) is 0 Å². The zero-order valence-electron chi connectivity index (χ0n) is 18.3. The highest BCUT2D eigenvalue weighted by Crippen LogP contribution is 2.25. The maximum absolute atomic E-state index is 13.0. The van der Waals surface area contributed by atoms with Crippen LogP contribution in [-0.2, 0) is 27.7 Å². The van der Waals surface area contributed by atoms with Gasteiger partial charge in [0.15, 0.2) is 0 Å². The Bertz CT molecular complexity index is 1050. The minimum Gasteiger partial charge on any atom is -0.325 e. The number of hydrogen-bond donors (Lipinski definition) is 1. The summed E-state index contributed by atoms with van der Waals surface area (Å²) in [5, 5.41) is 3.05. The lowest BCUT2D eigenvalue weighted by atomic mass is 10.1. The Morgan fingerprint density at radius 1 is 0.935 bits per heavy atom. The van der Waals surface area contributed by atoms with Crippen molar-refractivity contribution in [1.82, 2.24) is 9.21 Å². The third-order valence-electron chi connectivity index (χ3n) is 6.44. The maximum Gasteiger partial charge on any atom is 0.243 e. The minimum atomic E-state index is -3.52. The molecule has 4 rings (SSSR count). The third kappa shape index (κ3) is 4.84. The number of sulfonamides is 1. The Balaban J connectivity index is 1.38. The van der Waals surface area contributed by atoms with Crippen molar-refractivity contribution in [3.63, 3.8) is 0 Å². The molecule has 2 aliphatic rings. The van der Waals surface area contributed by atoms with E-state index in [0.29, 0.717) is 37.5 Å². The number of benzene rings is 2. The molecule has 6 nitrogen and oxygen atoms in total. The largest absolute Gasteiger partial charge is 0.325 e. The van der Waals surface area contributed by atoms with Crippen LogP contribution in [0.3, 0.4) is 0 Å². The molecule has 0 bridgehead atoms. The van der Waals surface area contributed by atoms with E-state index in [0.717, 1.165) is 24.1 Å². The zero-order chi connectivity index (χ0) is 22.0. The molecule has 0 spiro atoms. The summed E-state index contributed by atoms with van der Waals surface area (Å²) >= 11 is 0. The number of carbonyl (C=O) groups excluding carboxylic acids is 1. The summed E-state index contributed by atoms with van der Waals surface area (Å²) in [6.07, 6.45) is 4.07. The van der Waals surface area contributed by atoms with E-state index in [-0.39, 0.29) is 11.9 Å². The van der Waals surface area contributed by atoms with E-state index in [1.54, 1.807) is 16.4 Å². The number of anilines is 1. The Hall–Kier alpha value is -2.22. The second-order valence-electron chi connectivity index (χ2n) is 8.61. The number of amides is 1. The van der Waals surface area contributed by atoms with Gasteiger partial charge in [0.25, 0.3) is 0 Å². The second-order valence-corrected chi connectivity index (χ2v) is 10.5. The van der Waals surface area contributed by atoms with Crippen LogP contribution < -0.4 is 5.32 Å². The van der Waals surface area contributed by atoms with Gasteiger partial charge in [0.2, 0.25) is 15.9 Å². The fourth-order valence-corrected chi connectivity index (χ4v) is 5.93. The molecule has 0 aromatic heterocycles. The van der Waals surface area contributed by atoms with Gasteiger partial charge in [-0.25, -0.2) is 8.42 Å². The van der Waals surface area contributed by atoms with Crippen molar-refractivity contribution >= 4 is 21.6 Å². The molecular weight excluding hydrogens is 410 g/mol. The molecule has 1 saturated heterocycles. The molecule has 31 heavy (non-hydrogen) atoms. The molecular formula is C24H31N3O3S. The van der Waals surface area contributed by atoms with Crippen LogP contribution in [-0.4, -0.2) is 55.8 Å². The van der Waals surface area contributed by atoms with E-state index in [2.05, 4.69) is 22.3 Å². The van der Waals surface area contributed by atoms with Crippen molar-refractivity contribution in [3.8, 4) is 0 Å². The number of carbonyl (C=O) groups is 1. The molecule has 166 valence electrons. The minimum absolute atomic E-state index is 0.0483. The lowest BCUT2D eigenvalue weighted by Crippen LogP contribution is -2.44. The monoisotopic (exact) mass is 441 g/mol. The van der Waals surface area contributed by atoms with Crippen molar-refractivity contribution < 1.29 is 13.2 Å². The SMILES string of the molecule is Cc1ccc(S(=O)(=O)N2CCCN(C(C)C(=O)Nc3ccc4c(c3)CCC4)CC2)cc1. The summed E-state index contributed by atoms with van der Waals surface area (Å²) < 4.78 is 27.6. The van der Waals surface area contributed by atoms with Gasteiger partial charge < -0.3 is 5.32 Å². The van der Waals surface area contributed by atoms with Crippen molar-refractivity contribution in [2.75, 3.05) is 31.5 Å². The molecule has 2 aromatic rings. The summed E-state index contributed by atoms with van der Waals surface area (Å²) in [6, 6.07) is 12.8. The first kappa shape index (κ1) is 22.0. The van der Waals surface area contributed by atoms with E-state index in [9.17, 15) is 13.2 Å². The molecule has 1 aliphatic heterocycles. The van der Waals surface area contributed by atoms with Gasteiger partial charge in [0, 0.05) is 31.9 Å². The number of aryl methyl sites for hydroxylation is 3. The molecule has 1 heterocycles. The number of rotatable bonds is 5. The quantitative estimate of drug-likeness (QED) is 0.774. The molecule has 2 aromatic carbocycles. The lowest BCUT2D eigenvalue weighted by molar-refractivity contribution is -0.120. The number of fused-ring (bicyclic) bond motifs is 1. The third-order valence-corrected chi connectivity index (χ3v) is 8.35. The fourth-order valence-electron chi connectivity index (χ4n) is 4.46. The Morgan fingerprint density at radius 3 is 2.45 bits per heavy atom. The van der Waals surface area contributed by atoms with E-state index in [1.165, 1.54) is 17.5 Å². The molecule has 1 atom stereocenters. The van der Waals surface area contributed by atoms with E-state index < -0.39 is 10.0 Å². The molecule has 1 unspecified atom stereocenters. The van der Waals surface area contributed by atoms with Gasteiger partial charge >= 0.3 is 0 Å². The molecule has 1 N–H and O–H groups in total. The summed E-state index contributed by atoms with van der Waals surface area (Å²) in [6.45, 7) is 5.91. The highest BCUT2D eigenvalue weighted by atomic mass is 32.2. The van der Waals surface area contributed by atoms with Crippen molar-refractivity contribution in [2.24, 2.45) is 0 Å². The number of nitrogens with zero attached hydrogens (tertiary/aromatic N) is 2. The van der Waals surface area contributed by atoms with Crippen LogP contribution in [0.15, 0.2) is 47.4 Å². The normalized spacial score (nSPS) is 18.9. The van der Waals surface area contributed by atoms with Crippen molar-refractivity contribution in [3.05, 3.63) is 59.2 Å². The molecule has 1 fully saturated rings. The summed E-state index contributed by atoms with van der Waals surface area (Å²) in [5.41, 5.74) is 4.59. The summed E-state index contributed by atoms with van der Waals surface area (Å²) in [7, 11) is -3.52.